The number of pyridine rings is 1. The Kier molecular flexibility index (Phi) is 3.58. The smallest absolute Gasteiger partial charge is 0.274 e. The first kappa shape index (κ1) is 15.5. The van der Waals surface area contributed by atoms with Gasteiger partial charge in [-0.05, 0) is 25.1 Å². The zero-order valence-electron chi connectivity index (χ0n) is 13.3. The largest absolute Gasteiger partial charge is 0.507 e. The summed E-state index contributed by atoms with van der Waals surface area (Å²) in [7, 11) is 0. The molecule has 4 aromatic rings. The highest BCUT2D eigenvalue weighted by molar-refractivity contribution is 6.30. The highest BCUT2D eigenvalue weighted by Gasteiger charge is 2.18. The van der Waals surface area contributed by atoms with Gasteiger partial charge >= 0.3 is 0 Å². The third kappa shape index (κ3) is 2.58. The predicted octanol–water partition coefficient (Wildman–Crippen LogP) is 4.41. The molecule has 0 aliphatic rings. The van der Waals surface area contributed by atoms with Gasteiger partial charge in [0.25, 0.3) is 5.91 Å². The summed E-state index contributed by atoms with van der Waals surface area (Å²) in [6.07, 6.45) is 1.72. The summed E-state index contributed by atoms with van der Waals surface area (Å²) in [5.74, 6) is -0.0996. The molecule has 25 heavy (non-hydrogen) atoms. The number of amides is 1. The van der Waals surface area contributed by atoms with Crippen LogP contribution in [-0.4, -0.2) is 20.4 Å². The van der Waals surface area contributed by atoms with Gasteiger partial charge in [-0.25, -0.2) is 4.98 Å². The van der Waals surface area contributed by atoms with Gasteiger partial charge in [0.15, 0.2) is 0 Å². The van der Waals surface area contributed by atoms with E-state index in [-0.39, 0.29) is 11.7 Å². The van der Waals surface area contributed by atoms with Crippen molar-refractivity contribution in [3.8, 4) is 5.75 Å². The fourth-order valence-electron chi connectivity index (χ4n) is 3.00. The summed E-state index contributed by atoms with van der Waals surface area (Å²) in [5.41, 5.74) is 2.30. The SMILES string of the molecule is Cc1nc2cc(Cl)ccn2c1C(=O)Nc1cccc2c(O)cccc12. The molecule has 0 aliphatic carbocycles. The lowest BCUT2D eigenvalue weighted by Crippen LogP contribution is -2.15. The standard InChI is InChI=1S/C19H14ClN3O2/c1-11-18(23-9-8-12(20)10-17(23)21-11)19(25)22-15-6-2-5-14-13(15)4-3-7-16(14)24/h2-10,24H,1H3,(H,22,25). The van der Waals surface area contributed by atoms with Crippen LogP contribution in [0.2, 0.25) is 5.02 Å². The minimum absolute atomic E-state index is 0.175. The molecule has 0 spiro atoms. The van der Waals surface area contributed by atoms with Crippen molar-refractivity contribution in [1.82, 2.24) is 9.38 Å². The van der Waals surface area contributed by atoms with Crippen LogP contribution in [0.1, 0.15) is 16.2 Å². The zero-order chi connectivity index (χ0) is 17.6. The van der Waals surface area contributed by atoms with Crippen molar-refractivity contribution in [3.63, 3.8) is 0 Å². The van der Waals surface area contributed by atoms with Gasteiger partial charge in [-0.15, -0.1) is 0 Å². The number of aromatic hydroxyl groups is 1. The highest BCUT2D eigenvalue weighted by atomic mass is 35.5. The van der Waals surface area contributed by atoms with Crippen LogP contribution in [-0.2, 0) is 0 Å². The van der Waals surface area contributed by atoms with E-state index < -0.39 is 0 Å². The number of phenols is 1. The average Bonchev–Trinajstić information content (AvgIpc) is 2.90. The van der Waals surface area contributed by atoms with Crippen molar-refractivity contribution in [3.05, 3.63) is 71.1 Å². The number of hydrogen-bond acceptors (Lipinski definition) is 3. The van der Waals surface area contributed by atoms with E-state index in [1.54, 1.807) is 53.9 Å². The van der Waals surface area contributed by atoms with E-state index in [1.165, 1.54) is 0 Å². The van der Waals surface area contributed by atoms with Crippen molar-refractivity contribution < 1.29 is 9.90 Å². The van der Waals surface area contributed by atoms with Gasteiger partial charge in [0.05, 0.1) is 5.69 Å². The molecule has 0 fully saturated rings. The molecule has 0 atom stereocenters. The van der Waals surface area contributed by atoms with Crippen LogP contribution in [0.5, 0.6) is 5.75 Å². The third-order valence-corrected chi connectivity index (χ3v) is 4.36. The molecule has 2 aromatic heterocycles. The number of aryl methyl sites for hydroxylation is 1. The first-order valence-corrected chi connectivity index (χ1v) is 8.08. The third-order valence-electron chi connectivity index (χ3n) is 4.12. The average molecular weight is 352 g/mol. The molecule has 4 rings (SSSR count). The first-order valence-electron chi connectivity index (χ1n) is 7.71. The number of benzene rings is 2. The Balaban J connectivity index is 1.79. The number of hydrogen-bond donors (Lipinski definition) is 2. The van der Waals surface area contributed by atoms with Gasteiger partial charge < -0.3 is 10.4 Å². The Bertz CT molecular complexity index is 1130. The molecule has 0 saturated carbocycles. The van der Waals surface area contributed by atoms with E-state index in [4.69, 9.17) is 11.6 Å². The molecule has 0 radical (unpaired) electrons. The van der Waals surface area contributed by atoms with E-state index in [0.717, 1.165) is 5.39 Å². The van der Waals surface area contributed by atoms with Crippen LogP contribution < -0.4 is 5.32 Å². The molecule has 2 N–H and O–H groups in total. The number of phenolic OH excluding ortho intramolecular Hbond substituents is 1. The number of imidazole rings is 1. The van der Waals surface area contributed by atoms with Crippen LogP contribution in [0.4, 0.5) is 5.69 Å². The van der Waals surface area contributed by atoms with Gasteiger partial charge in [0.2, 0.25) is 0 Å². The summed E-state index contributed by atoms with van der Waals surface area (Å²) in [4.78, 5) is 17.2. The Hall–Kier alpha value is -3.05. The summed E-state index contributed by atoms with van der Waals surface area (Å²) in [5, 5.41) is 14.9. The number of nitrogens with zero attached hydrogens (tertiary/aromatic N) is 2. The lowest BCUT2D eigenvalue weighted by Gasteiger charge is -2.10. The van der Waals surface area contributed by atoms with Crippen molar-refractivity contribution in [2.45, 2.75) is 6.92 Å². The number of anilines is 1. The maximum absolute atomic E-state index is 12.9. The molecular formula is C19H14ClN3O2. The Morgan fingerprint density at radius 3 is 2.76 bits per heavy atom. The topological polar surface area (TPSA) is 66.6 Å². The first-order chi connectivity index (χ1) is 12.0. The van der Waals surface area contributed by atoms with Crippen LogP contribution in [0.25, 0.3) is 16.4 Å². The lowest BCUT2D eigenvalue weighted by atomic mass is 10.1. The number of carbonyl (C=O) groups excluding carboxylic acids is 1. The Morgan fingerprint density at radius 2 is 1.92 bits per heavy atom. The van der Waals surface area contributed by atoms with Gasteiger partial charge in [0, 0.05) is 33.7 Å². The molecule has 2 aromatic carbocycles. The number of carbonyl (C=O) groups is 1. The molecule has 0 aliphatic heterocycles. The van der Waals surface area contributed by atoms with E-state index in [1.807, 2.05) is 12.1 Å². The van der Waals surface area contributed by atoms with Gasteiger partial charge in [0.1, 0.15) is 17.1 Å². The predicted molar refractivity (Wildman–Crippen MR) is 98.5 cm³/mol. The fourth-order valence-corrected chi connectivity index (χ4v) is 3.15. The van der Waals surface area contributed by atoms with E-state index in [2.05, 4.69) is 10.3 Å². The van der Waals surface area contributed by atoms with E-state index in [9.17, 15) is 9.90 Å². The molecule has 2 heterocycles. The van der Waals surface area contributed by atoms with Gasteiger partial charge in [-0.2, -0.15) is 0 Å². The van der Waals surface area contributed by atoms with Crippen LogP contribution in [0.15, 0.2) is 54.7 Å². The number of aromatic nitrogens is 2. The van der Waals surface area contributed by atoms with Gasteiger partial charge in [-0.3, -0.25) is 9.20 Å². The minimum Gasteiger partial charge on any atom is -0.507 e. The summed E-state index contributed by atoms with van der Waals surface area (Å²) < 4.78 is 1.71. The molecule has 0 bridgehead atoms. The monoisotopic (exact) mass is 351 g/mol. The molecule has 1 amide bonds. The zero-order valence-corrected chi connectivity index (χ0v) is 14.1. The second-order valence-electron chi connectivity index (χ2n) is 5.75. The minimum atomic E-state index is -0.275. The fraction of sp³-hybridized carbons (Fsp3) is 0.0526. The number of nitrogens with one attached hydrogen (secondary N) is 1. The van der Waals surface area contributed by atoms with E-state index >= 15 is 0 Å². The number of halogens is 1. The summed E-state index contributed by atoms with van der Waals surface area (Å²) in [6, 6.07) is 14.0. The molecule has 5 nitrogen and oxygen atoms in total. The van der Waals surface area contributed by atoms with Crippen LogP contribution >= 0.6 is 11.6 Å². The lowest BCUT2D eigenvalue weighted by molar-refractivity contribution is 0.102. The molecule has 124 valence electrons. The Morgan fingerprint density at radius 1 is 1.16 bits per heavy atom. The van der Waals surface area contributed by atoms with Crippen molar-refractivity contribution in [2.75, 3.05) is 5.32 Å². The maximum Gasteiger partial charge on any atom is 0.274 e. The molecule has 0 saturated heterocycles. The summed E-state index contributed by atoms with van der Waals surface area (Å²) in [6.45, 7) is 1.78. The number of fused-ring (bicyclic) bond motifs is 2. The van der Waals surface area contributed by atoms with Crippen molar-refractivity contribution in [2.24, 2.45) is 0 Å². The Labute approximate surface area is 148 Å². The molecular weight excluding hydrogens is 338 g/mol. The van der Waals surface area contributed by atoms with Crippen LogP contribution in [0.3, 0.4) is 0 Å². The van der Waals surface area contributed by atoms with E-state index in [0.29, 0.717) is 33.1 Å². The highest BCUT2D eigenvalue weighted by Crippen LogP contribution is 2.30. The van der Waals surface area contributed by atoms with Crippen molar-refractivity contribution in [1.29, 1.82) is 0 Å². The second kappa shape index (κ2) is 5.79. The summed E-state index contributed by atoms with van der Waals surface area (Å²) >= 11 is 5.99. The van der Waals surface area contributed by atoms with Gasteiger partial charge in [-0.1, -0.05) is 35.9 Å². The quantitative estimate of drug-likeness (QED) is 0.562. The second-order valence-corrected chi connectivity index (χ2v) is 6.19. The van der Waals surface area contributed by atoms with Crippen LogP contribution in [0, 0.1) is 6.92 Å². The molecule has 6 heteroatoms. The number of rotatable bonds is 2. The normalized spacial score (nSPS) is 11.1. The molecule has 0 unspecified atom stereocenters. The van der Waals surface area contributed by atoms with Crippen molar-refractivity contribution >= 4 is 39.6 Å². The maximum atomic E-state index is 12.9.